The second-order valence-electron chi connectivity index (χ2n) is 7.76. The van der Waals surface area contributed by atoms with Gasteiger partial charge in [-0.3, -0.25) is 0 Å². The van der Waals surface area contributed by atoms with Gasteiger partial charge in [-0.2, -0.15) is 0 Å². The molecule has 2 aliphatic rings. The Morgan fingerprint density at radius 2 is 2.15 bits per heavy atom. The zero-order valence-corrected chi connectivity index (χ0v) is 16.8. The molecule has 0 amide bonds. The van der Waals surface area contributed by atoms with Gasteiger partial charge in [0.2, 0.25) is 0 Å². The molecule has 0 unspecified atom stereocenters. The first-order valence-electron chi connectivity index (χ1n) is 9.60. The minimum absolute atomic E-state index is 0.00282. The van der Waals surface area contributed by atoms with Crippen LogP contribution < -0.4 is 16.4 Å². The number of halogens is 1. The van der Waals surface area contributed by atoms with Crippen molar-refractivity contribution in [2.75, 3.05) is 31.9 Å². The predicted octanol–water partition coefficient (Wildman–Crippen LogP) is 0.648. The van der Waals surface area contributed by atoms with Crippen LogP contribution in [-0.2, 0) is 0 Å². The summed E-state index contributed by atoms with van der Waals surface area (Å²) in [6.07, 6.45) is 4.84. The molecule has 0 radical (unpaired) electrons. The molecule has 3 heterocycles. The van der Waals surface area contributed by atoms with Gasteiger partial charge in [-0.25, -0.2) is 9.97 Å². The van der Waals surface area contributed by atoms with E-state index in [-0.39, 0.29) is 12.0 Å². The van der Waals surface area contributed by atoms with Crippen LogP contribution in [0.3, 0.4) is 0 Å². The second kappa shape index (κ2) is 8.00. The number of hydrogen-bond acceptors (Lipinski definition) is 7. The summed E-state index contributed by atoms with van der Waals surface area (Å²) in [6, 6.07) is -0.244. The number of nitrogens with zero attached hydrogens (tertiary/aromatic N) is 3. The Labute approximate surface area is 166 Å². The van der Waals surface area contributed by atoms with Gasteiger partial charge in [0.05, 0.1) is 17.5 Å². The molecule has 0 spiro atoms. The van der Waals surface area contributed by atoms with Gasteiger partial charge in [-0.05, 0) is 60.7 Å². The van der Waals surface area contributed by atoms with Crippen LogP contribution >= 0.6 is 15.9 Å². The van der Waals surface area contributed by atoms with Gasteiger partial charge >= 0.3 is 0 Å². The highest BCUT2D eigenvalue weighted by molar-refractivity contribution is 9.10. The smallest absolute Gasteiger partial charge is 0.146 e. The Bertz CT molecular complexity index is 793. The summed E-state index contributed by atoms with van der Waals surface area (Å²) >= 11 is 3.51. The first-order chi connectivity index (χ1) is 13.1. The van der Waals surface area contributed by atoms with Crippen molar-refractivity contribution < 1.29 is 10.2 Å². The number of hydrogen-bond donors (Lipinski definition) is 5. The van der Waals surface area contributed by atoms with Gasteiger partial charge < -0.3 is 31.1 Å². The van der Waals surface area contributed by atoms with Gasteiger partial charge in [0.25, 0.3) is 0 Å². The average Bonchev–Trinajstić information content (AvgIpc) is 3.15. The molecule has 2 aromatic rings. The number of aromatic nitrogens is 3. The van der Waals surface area contributed by atoms with E-state index in [0.29, 0.717) is 30.3 Å². The standard InChI is InChI=1S/C18H27BrN6O2/c19-12-8-25(18-14(12)17(20)23-9-24-18)13-4-11(15(26)16(13)27)7-22-6-10-2-1-3-21-5-10/h8-11,13,15-16,21-22,26-27H,1-7H2,(H2,20,23,24)/t10-,11+,13+,15+,16-/m0/s1. The first-order valence-corrected chi connectivity index (χ1v) is 10.4. The zero-order chi connectivity index (χ0) is 19.0. The van der Waals surface area contributed by atoms with Crippen LogP contribution in [0.2, 0.25) is 0 Å². The van der Waals surface area contributed by atoms with E-state index in [1.54, 1.807) is 0 Å². The number of nitrogens with one attached hydrogen (secondary N) is 2. The van der Waals surface area contributed by atoms with Crippen molar-refractivity contribution in [1.82, 2.24) is 25.2 Å². The van der Waals surface area contributed by atoms with E-state index in [9.17, 15) is 10.2 Å². The number of rotatable bonds is 5. The van der Waals surface area contributed by atoms with Crippen LogP contribution in [0.4, 0.5) is 5.82 Å². The molecule has 148 valence electrons. The number of anilines is 1. The normalized spacial score (nSPS) is 31.6. The highest BCUT2D eigenvalue weighted by Crippen LogP contribution is 2.39. The lowest BCUT2D eigenvalue weighted by Crippen LogP contribution is -2.39. The van der Waals surface area contributed by atoms with E-state index in [1.165, 1.54) is 19.2 Å². The van der Waals surface area contributed by atoms with E-state index in [4.69, 9.17) is 5.73 Å². The quantitative estimate of drug-likeness (QED) is 0.464. The summed E-state index contributed by atoms with van der Waals surface area (Å²) in [7, 11) is 0. The van der Waals surface area contributed by atoms with Crippen LogP contribution in [-0.4, -0.2) is 63.1 Å². The summed E-state index contributed by atoms with van der Waals surface area (Å²) < 4.78 is 2.71. The zero-order valence-electron chi connectivity index (χ0n) is 15.2. The van der Waals surface area contributed by atoms with Gasteiger partial charge in [0.1, 0.15) is 23.9 Å². The molecule has 9 heteroatoms. The molecule has 0 aromatic carbocycles. The third-order valence-electron chi connectivity index (χ3n) is 5.96. The summed E-state index contributed by atoms with van der Waals surface area (Å²) in [4.78, 5) is 8.38. The molecule has 1 saturated carbocycles. The highest BCUT2D eigenvalue weighted by Gasteiger charge is 2.42. The van der Waals surface area contributed by atoms with E-state index in [2.05, 4.69) is 36.5 Å². The van der Waals surface area contributed by atoms with Gasteiger partial charge in [-0.15, -0.1) is 0 Å². The molecule has 0 bridgehead atoms. The molecular weight excluding hydrogens is 412 g/mol. The first kappa shape index (κ1) is 19.1. The monoisotopic (exact) mass is 438 g/mol. The maximum Gasteiger partial charge on any atom is 0.146 e. The van der Waals surface area contributed by atoms with Crippen LogP contribution in [0.1, 0.15) is 25.3 Å². The number of nitrogen functional groups attached to an aromatic ring is 1. The van der Waals surface area contributed by atoms with E-state index in [1.807, 2.05) is 10.8 Å². The molecule has 4 rings (SSSR count). The van der Waals surface area contributed by atoms with Crippen molar-refractivity contribution in [3.05, 3.63) is 17.0 Å². The van der Waals surface area contributed by atoms with Gasteiger partial charge in [-0.1, -0.05) is 0 Å². The van der Waals surface area contributed by atoms with Crippen molar-refractivity contribution >= 4 is 32.8 Å². The number of aliphatic hydroxyl groups excluding tert-OH is 2. The third kappa shape index (κ3) is 3.71. The lowest BCUT2D eigenvalue weighted by atomic mass is 9.99. The largest absolute Gasteiger partial charge is 0.390 e. The highest BCUT2D eigenvalue weighted by atomic mass is 79.9. The molecule has 27 heavy (non-hydrogen) atoms. The molecule has 1 aliphatic heterocycles. The van der Waals surface area contributed by atoms with Crippen molar-refractivity contribution in [2.24, 2.45) is 11.8 Å². The molecule has 1 saturated heterocycles. The number of fused-ring (bicyclic) bond motifs is 1. The molecule has 6 N–H and O–H groups in total. The van der Waals surface area contributed by atoms with E-state index >= 15 is 0 Å². The van der Waals surface area contributed by atoms with Gasteiger partial charge in [0, 0.05) is 23.1 Å². The van der Waals surface area contributed by atoms with Crippen molar-refractivity contribution in [3.8, 4) is 0 Å². The maximum atomic E-state index is 10.7. The van der Waals surface area contributed by atoms with Crippen LogP contribution in [0, 0.1) is 11.8 Å². The van der Waals surface area contributed by atoms with E-state index in [0.717, 1.165) is 29.5 Å². The maximum absolute atomic E-state index is 10.7. The Kier molecular flexibility index (Phi) is 5.65. The average molecular weight is 439 g/mol. The summed E-state index contributed by atoms with van der Waals surface area (Å²) in [6.45, 7) is 3.80. The summed E-state index contributed by atoms with van der Waals surface area (Å²) in [5.41, 5.74) is 6.65. The lowest BCUT2D eigenvalue weighted by Gasteiger charge is -2.24. The Balaban J connectivity index is 1.45. The molecule has 5 atom stereocenters. The number of aliphatic hydroxyl groups is 2. The van der Waals surface area contributed by atoms with Crippen LogP contribution in [0.5, 0.6) is 0 Å². The molecule has 2 fully saturated rings. The minimum atomic E-state index is -0.841. The van der Waals surface area contributed by atoms with Gasteiger partial charge in [0.15, 0.2) is 0 Å². The van der Waals surface area contributed by atoms with E-state index < -0.39 is 12.2 Å². The topological polar surface area (TPSA) is 121 Å². The van der Waals surface area contributed by atoms with Crippen molar-refractivity contribution in [3.63, 3.8) is 0 Å². The van der Waals surface area contributed by atoms with Crippen molar-refractivity contribution in [1.29, 1.82) is 0 Å². The van der Waals surface area contributed by atoms with Crippen LogP contribution in [0.15, 0.2) is 17.0 Å². The minimum Gasteiger partial charge on any atom is -0.390 e. The molecular formula is C18H27BrN6O2. The predicted molar refractivity (Wildman–Crippen MR) is 107 cm³/mol. The molecule has 1 aliphatic carbocycles. The lowest BCUT2D eigenvalue weighted by molar-refractivity contribution is 0.00676. The molecule has 2 aromatic heterocycles. The fourth-order valence-corrected chi connectivity index (χ4v) is 5.06. The SMILES string of the molecule is Nc1ncnc2c1c(Br)cn2[C@@H]1C[C@H](CNC[C@H]2CCCNC2)[C@@H](O)[C@H]1O. The fourth-order valence-electron chi connectivity index (χ4n) is 4.46. The van der Waals surface area contributed by atoms with Crippen LogP contribution in [0.25, 0.3) is 11.0 Å². The Morgan fingerprint density at radius 1 is 1.30 bits per heavy atom. The summed E-state index contributed by atoms with van der Waals surface area (Å²) in [5.74, 6) is 1.04. The second-order valence-corrected chi connectivity index (χ2v) is 8.61. The van der Waals surface area contributed by atoms with Crippen molar-refractivity contribution in [2.45, 2.75) is 37.5 Å². The Morgan fingerprint density at radius 3 is 2.93 bits per heavy atom. The Hall–Kier alpha value is -1.26. The number of nitrogens with two attached hydrogens (primary N) is 1. The summed E-state index contributed by atoms with van der Waals surface area (Å²) in [5, 5.41) is 28.9. The number of piperidine rings is 1. The fraction of sp³-hybridized carbons (Fsp3) is 0.667. The molecule has 8 nitrogen and oxygen atoms in total. The third-order valence-corrected chi connectivity index (χ3v) is 6.56.